The van der Waals surface area contributed by atoms with Crippen LogP contribution in [-0.4, -0.2) is 24.5 Å². The molecule has 146 valence electrons. The zero-order chi connectivity index (χ0) is 21.1. The van der Waals surface area contributed by atoms with Crippen LogP contribution in [0.3, 0.4) is 0 Å². The fraction of sp³-hybridized carbons (Fsp3) is 0.0952. The fourth-order valence-corrected chi connectivity index (χ4v) is 4.79. The first kappa shape index (κ1) is 21.3. The minimum Gasteiger partial charge on any atom is -0.479 e. The van der Waals surface area contributed by atoms with Crippen molar-refractivity contribution in [2.24, 2.45) is 0 Å². The predicted octanol–water partition coefficient (Wildman–Crippen LogP) is 3.88. The Labute approximate surface area is 195 Å². The van der Waals surface area contributed by atoms with Gasteiger partial charge < -0.3 is 4.74 Å². The third-order valence-corrected chi connectivity index (χ3v) is 5.63. The molecule has 1 aliphatic rings. The lowest BCUT2D eigenvalue weighted by molar-refractivity contribution is -0.122. The van der Waals surface area contributed by atoms with Crippen LogP contribution in [0.4, 0.5) is 10.5 Å². The lowest BCUT2D eigenvalue weighted by Gasteiger charge is -2.26. The van der Waals surface area contributed by atoms with Crippen LogP contribution >= 0.6 is 45.2 Å². The number of barbiturate groups is 1. The molecule has 2 aromatic carbocycles. The molecular formula is C21H14I2N2O4. The summed E-state index contributed by atoms with van der Waals surface area (Å²) in [6.45, 7) is 2.04. The Morgan fingerprint density at radius 3 is 2.34 bits per heavy atom. The van der Waals surface area contributed by atoms with Crippen LogP contribution in [0.25, 0.3) is 6.08 Å². The van der Waals surface area contributed by atoms with Gasteiger partial charge in [0, 0.05) is 0 Å². The highest BCUT2D eigenvalue weighted by Crippen LogP contribution is 2.30. The van der Waals surface area contributed by atoms with Crippen molar-refractivity contribution in [3.63, 3.8) is 0 Å². The molecule has 1 saturated heterocycles. The van der Waals surface area contributed by atoms with Crippen molar-refractivity contribution < 1.29 is 19.1 Å². The van der Waals surface area contributed by atoms with Crippen LogP contribution in [0.2, 0.25) is 0 Å². The van der Waals surface area contributed by atoms with E-state index in [0.29, 0.717) is 17.0 Å². The van der Waals surface area contributed by atoms with Gasteiger partial charge in [0.15, 0.2) is 0 Å². The van der Waals surface area contributed by atoms with Gasteiger partial charge in [-0.05, 0) is 88.0 Å². The number of nitrogens with zero attached hydrogens (tertiary/aromatic N) is 1. The minimum atomic E-state index is -0.775. The maximum atomic E-state index is 12.9. The molecule has 6 nitrogen and oxygen atoms in total. The molecule has 1 N–H and O–H groups in total. The predicted molar refractivity (Wildman–Crippen MR) is 126 cm³/mol. The monoisotopic (exact) mass is 612 g/mol. The standard InChI is InChI=1S/C21H14I2N2O4/c1-3-8-29-18-16(22)10-13(11-17(18)23)9-15-19(26)24-21(28)25(20(15)27)14-6-4-12(2)5-7-14/h1,4-7,9-11H,8H2,2H3,(H,24,26,28)/b15-9+. The van der Waals surface area contributed by atoms with Crippen molar-refractivity contribution in [3.8, 4) is 18.1 Å². The Hall–Kier alpha value is -2.39. The van der Waals surface area contributed by atoms with Crippen molar-refractivity contribution in [2.45, 2.75) is 6.92 Å². The van der Waals surface area contributed by atoms with Gasteiger partial charge in [0.25, 0.3) is 11.8 Å². The molecule has 4 amide bonds. The number of benzene rings is 2. The van der Waals surface area contributed by atoms with Crippen LogP contribution in [0.5, 0.6) is 5.75 Å². The van der Waals surface area contributed by atoms with Crippen molar-refractivity contribution in [2.75, 3.05) is 11.5 Å². The zero-order valence-electron chi connectivity index (χ0n) is 15.2. The van der Waals surface area contributed by atoms with E-state index in [1.165, 1.54) is 6.08 Å². The number of imide groups is 2. The Balaban J connectivity index is 1.98. The summed E-state index contributed by atoms with van der Waals surface area (Å²) in [7, 11) is 0. The van der Waals surface area contributed by atoms with E-state index in [-0.39, 0.29) is 12.2 Å². The highest BCUT2D eigenvalue weighted by Gasteiger charge is 2.36. The van der Waals surface area contributed by atoms with Crippen molar-refractivity contribution in [1.82, 2.24) is 5.32 Å². The number of ether oxygens (including phenoxy) is 1. The number of nitrogens with one attached hydrogen (secondary N) is 1. The maximum absolute atomic E-state index is 12.9. The van der Waals surface area contributed by atoms with Gasteiger partial charge in [0.05, 0.1) is 12.8 Å². The number of halogens is 2. The molecule has 3 rings (SSSR count). The first-order valence-corrected chi connectivity index (χ1v) is 10.5. The number of aryl methyl sites for hydroxylation is 1. The van der Waals surface area contributed by atoms with Gasteiger partial charge in [-0.3, -0.25) is 14.9 Å². The summed E-state index contributed by atoms with van der Waals surface area (Å²) < 4.78 is 7.10. The molecule has 1 heterocycles. The fourth-order valence-electron chi connectivity index (χ4n) is 2.67. The molecule has 0 saturated carbocycles. The smallest absolute Gasteiger partial charge is 0.335 e. The van der Waals surface area contributed by atoms with E-state index in [1.807, 2.05) is 6.92 Å². The molecule has 0 spiro atoms. The van der Waals surface area contributed by atoms with Crippen molar-refractivity contribution in [3.05, 3.63) is 60.2 Å². The van der Waals surface area contributed by atoms with Crippen LogP contribution in [0.15, 0.2) is 42.0 Å². The molecule has 1 aliphatic heterocycles. The highest BCUT2D eigenvalue weighted by molar-refractivity contribution is 14.1. The third-order valence-electron chi connectivity index (χ3n) is 4.03. The number of hydrogen-bond donors (Lipinski definition) is 1. The summed E-state index contributed by atoms with van der Waals surface area (Å²) in [5, 5.41) is 2.22. The van der Waals surface area contributed by atoms with Crippen LogP contribution < -0.4 is 15.0 Å². The Morgan fingerprint density at radius 2 is 1.76 bits per heavy atom. The molecule has 1 fully saturated rings. The molecule has 8 heteroatoms. The number of urea groups is 1. The van der Waals surface area contributed by atoms with E-state index in [9.17, 15) is 14.4 Å². The summed E-state index contributed by atoms with van der Waals surface area (Å²) in [5.41, 5.74) is 1.87. The molecule has 2 aromatic rings. The summed E-state index contributed by atoms with van der Waals surface area (Å²) >= 11 is 4.20. The van der Waals surface area contributed by atoms with Crippen molar-refractivity contribution >= 4 is 74.8 Å². The second-order valence-electron chi connectivity index (χ2n) is 6.10. The largest absolute Gasteiger partial charge is 0.479 e. The number of anilines is 1. The first-order valence-electron chi connectivity index (χ1n) is 8.35. The average molecular weight is 612 g/mol. The van der Waals surface area contributed by atoms with Crippen LogP contribution in [-0.2, 0) is 9.59 Å². The number of hydrogen-bond acceptors (Lipinski definition) is 4. The van der Waals surface area contributed by atoms with E-state index < -0.39 is 17.8 Å². The quantitative estimate of drug-likeness (QED) is 0.246. The number of carbonyl (C=O) groups is 3. The molecule has 0 bridgehead atoms. The average Bonchev–Trinajstić information content (AvgIpc) is 2.66. The van der Waals surface area contributed by atoms with E-state index in [4.69, 9.17) is 11.2 Å². The van der Waals surface area contributed by atoms with E-state index in [1.54, 1.807) is 36.4 Å². The summed E-state index contributed by atoms with van der Waals surface area (Å²) in [5.74, 6) is 1.64. The van der Waals surface area contributed by atoms with Crippen molar-refractivity contribution in [1.29, 1.82) is 0 Å². The first-order chi connectivity index (χ1) is 13.8. The number of rotatable bonds is 4. The van der Waals surface area contributed by atoms with E-state index >= 15 is 0 Å². The minimum absolute atomic E-state index is 0.130. The normalized spacial score (nSPS) is 15.3. The molecule has 29 heavy (non-hydrogen) atoms. The van der Waals surface area contributed by atoms with Gasteiger partial charge in [0.1, 0.15) is 17.9 Å². The third kappa shape index (κ3) is 4.62. The summed E-state index contributed by atoms with van der Waals surface area (Å²) in [6, 6.07) is 9.66. The van der Waals surface area contributed by atoms with Gasteiger partial charge in [-0.15, -0.1) is 6.42 Å². The Bertz CT molecular complexity index is 1060. The van der Waals surface area contributed by atoms with E-state index in [2.05, 4.69) is 56.4 Å². The number of amides is 4. The lowest BCUT2D eigenvalue weighted by atomic mass is 10.1. The van der Waals surface area contributed by atoms with Gasteiger partial charge in [-0.2, -0.15) is 0 Å². The number of carbonyl (C=O) groups excluding carboxylic acids is 3. The molecule has 0 unspecified atom stereocenters. The zero-order valence-corrected chi connectivity index (χ0v) is 19.5. The second kappa shape index (κ2) is 8.96. The molecular weight excluding hydrogens is 598 g/mol. The molecule has 0 atom stereocenters. The maximum Gasteiger partial charge on any atom is 0.335 e. The van der Waals surface area contributed by atoms with E-state index in [0.717, 1.165) is 17.6 Å². The number of terminal acetylenes is 1. The lowest BCUT2D eigenvalue weighted by Crippen LogP contribution is -2.54. The van der Waals surface area contributed by atoms with Crippen LogP contribution in [0.1, 0.15) is 11.1 Å². The summed E-state index contributed by atoms with van der Waals surface area (Å²) in [4.78, 5) is 38.5. The molecule has 0 aromatic heterocycles. The second-order valence-corrected chi connectivity index (χ2v) is 8.42. The Morgan fingerprint density at radius 1 is 1.14 bits per heavy atom. The topological polar surface area (TPSA) is 75.7 Å². The van der Waals surface area contributed by atoms with Crippen LogP contribution in [0, 0.1) is 26.4 Å². The Kier molecular flexibility index (Phi) is 6.59. The van der Waals surface area contributed by atoms with Gasteiger partial charge in [-0.25, -0.2) is 9.69 Å². The highest BCUT2D eigenvalue weighted by atomic mass is 127. The summed E-state index contributed by atoms with van der Waals surface area (Å²) in [6.07, 6.45) is 6.70. The van der Waals surface area contributed by atoms with Gasteiger partial charge >= 0.3 is 6.03 Å². The van der Waals surface area contributed by atoms with Gasteiger partial charge in [-0.1, -0.05) is 23.6 Å². The van der Waals surface area contributed by atoms with Gasteiger partial charge in [0.2, 0.25) is 0 Å². The SMILES string of the molecule is C#CCOc1c(I)cc(/C=C2\C(=O)NC(=O)N(c3ccc(C)cc3)C2=O)cc1I. The molecule has 0 aliphatic carbocycles. The molecule has 0 radical (unpaired) electrons.